The van der Waals surface area contributed by atoms with Gasteiger partial charge in [-0.2, -0.15) is 4.68 Å². The molecule has 168 valence electrons. The molecule has 9 heteroatoms. The summed E-state index contributed by atoms with van der Waals surface area (Å²) in [6, 6.07) is 13.2. The molecule has 1 aliphatic rings. The molecule has 0 spiro atoms. The predicted molar refractivity (Wildman–Crippen MR) is 117 cm³/mol. The zero-order chi connectivity index (χ0) is 22.7. The molecule has 0 saturated carbocycles. The molecule has 0 bridgehead atoms. The maximum atomic E-state index is 12.7. The number of rotatable bonds is 8. The SMILES string of the molecule is CCOc1ccc(-n2nnnc2CNC(=O)C(C)Oc2cccc3c2OC(C)(C)C3)cc1. The van der Waals surface area contributed by atoms with Gasteiger partial charge < -0.3 is 19.5 Å². The van der Waals surface area contributed by atoms with Crippen LogP contribution in [0.25, 0.3) is 5.69 Å². The van der Waals surface area contributed by atoms with Crippen LogP contribution in [0.2, 0.25) is 0 Å². The van der Waals surface area contributed by atoms with Gasteiger partial charge in [-0.05, 0) is 68.5 Å². The quantitative estimate of drug-likeness (QED) is 0.578. The lowest BCUT2D eigenvalue weighted by molar-refractivity contribution is -0.127. The monoisotopic (exact) mass is 437 g/mol. The summed E-state index contributed by atoms with van der Waals surface area (Å²) in [4.78, 5) is 12.7. The summed E-state index contributed by atoms with van der Waals surface area (Å²) in [5.74, 6) is 2.26. The lowest BCUT2D eigenvalue weighted by Gasteiger charge is -2.20. The third-order valence-electron chi connectivity index (χ3n) is 5.08. The Hall–Kier alpha value is -3.62. The van der Waals surface area contributed by atoms with Crippen LogP contribution in [0.4, 0.5) is 0 Å². The summed E-state index contributed by atoms with van der Waals surface area (Å²) in [6.07, 6.45) is 0.0810. The smallest absolute Gasteiger partial charge is 0.261 e. The Bertz CT molecular complexity index is 1090. The summed E-state index contributed by atoms with van der Waals surface area (Å²) >= 11 is 0. The topological polar surface area (TPSA) is 100 Å². The summed E-state index contributed by atoms with van der Waals surface area (Å²) < 4.78 is 19.0. The molecular weight excluding hydrogens is 410 g/mol. The van der Waals surface area contributed by atoms with Crippen LogP contribution in [-0.4, -0.2) is 44.4 Å². The molecule has 0 aliphatic carbocycles. The minimum Gasteiger partial charge on any atom is -0.494 e. The Morgan fingerprint density at radius 3 is 2.78 bits per heavy atom. The van der Waals surface area contributed by atoms with Crippen molar-refractivity contribution in [2.45, 2.75) is 52.4 Å². The molecule has 4 rings (SSSR count). The first-order valence-corrected chi connectivity index (χ1v) is 10.6. The van der Waals surface area contributed by atoms with E-state index in [9.17, 15) is 4.79 Å². The fourth-order valence-corrected chi connectivity index (χ4v) is 3.60. The van der Waals surface area contributed by atoms with Gasteiger partial charge in [-0.25, -0.2) is 0 Å². The maximum absolute atomic E-state index is 12.7. The molecule has 0 fully saturated rings. The molecule has 3 aromatic rings. The molecular formula is C23H27N5O4. The highest BCUT2D eigenvalue weighted by atomic mass is 16.5. The van der Waals surface area contributed by atoms with Gasteiger partial charge in [0, 0.05) is 12.0 Å². The number of ether oxygens (including phenoxy) is 3. The van der Waals surface area contributed by atoms with Crippen LogP contribution in [0, 0.1) is 0 Å². The highest BCUT2D eigenvalue weighted by Gasteiger charge is 2.33. The van der Waals surface area contributed by atoms with Crippen molar-refractivity contribution in [3.05, 3.63) is 53.9 Å². The van der Waals surface area contributed by atoms with E-state index >= 15 is 0 Å². The normalized spacial score (nSPS) is 14.9. The molecule has 1 unspecified atom stereocenters. The number of benzene rings is 2. The summed E-state index contributed by atoms with van der Waals surface area (Å²) in [5, 5.41) is 14.6. The van der Waals surface area contributed by atoms with Crippen LogP contribution in [0.3, 0.4) is 0 Å². The van der Waals surface area contributed by atoms with Crippen molar-refractivity contribution in [3.63, 3.8) is 0 Å². The van der Waals surface area contributed by atoms with Gasteiger partial charge in [0.15, 0.2) is 23.4 Å². The molecule has 1 N–H and O–H groups in total. The molecule has 1 aliphatic heterocycles. The molecule has 9 nitrogen and oxygen atoms in total. The summed E-state index contributed by atoms with van der Waals surface area (Å²) in [5.41, 5.74) is 1.56. The van der Waals surface area contributed by atoms with Gasteiger partial charge in [0.05, 0.1) is 18.8 Å². The third-order valence-corrected chi connectivity index (χ3v) is 5.08. The number of tetrazole rings is 1. The van der Waals surface area contributed by atoms with E-state index in [0.717, 1.165) is 23.4 Å². The van der Waals surface area contributed by atoms with E-state index in [1.165, 1.54) is 0 Å². The largest absolute Gasteiger partial charge is 0.494 e. The van der Waals surface area contributed by atoms with Gasteiger partial charge >= 0.3 is 0 Å². The number of carbonyl (C=O) groups is 1. The first-order chi connectivity index (χ1) is 15.4. The fraction of sp³-hybridized carbons (Fsp3) is 0.391. The van der Waals surface area contributed by atoms with Crippen LogP contribution in [-0.2, 0) is 17.8 Å². The highest BCUT2D eigenvalue weighted by Crippen LogP contribution is 2.42. The zero-order valence-corrected chi connectivity index (χ0v) is 18.7. The molecule has 1 amide bonds. The molecule has 32 heavy (non-hydrogen) atoms. The van der Waals surface area contributed by atoms with Crippen LogP contribution < -0.4 is 19.5 Å². The van der Waals surface area contributed by atoms with Crippen LogP contribution in [0.1, 0.15) is 39.1 Å². The van der Waals surface area contributed by atoms with Crippen molar-refractivity contribution in [2.75, 3.05) is 6.61 Å². The molecule has 0 radical (unpaired) electrons. The molecule has 2 heterocycles. The number of para-hydroxylation sites is 1. The highest BCUT2D eigenvalue weighted by molar-refractivity contribution is 5.80. The van der Waals surface area contributed by atoms with Crippen LogP contribution in [0.15, 0.2) is 42.5 Å². The zero-order valence-electron chi connectivity index (χ0n) is 18.7. The first-order valence-electron chi connectivity index (χ1n) is 10.6. The average Bonchev–Trinajstić information content (AvgIpc) is 3.36. The summed E-state index contributed by atoms with van der Waals surface area (Å²) in [7, 11) is 0. The van der Waals surface area contributed by atoms with E-state index in [2.05, 4.69) is 20.8 Å². The molecule has 1 aromatic heterocycles. The Kier molecular flexibility index (Phi) is 5.98. The number of aromatic nitrogens is 4. The number of amides is 1. The number of fused-ring (bicyclic) bond motifs is 1. The first kappa shape index (κ1) is 21.6. The van der Waals surface area contributed by atoms with E-state index in [0.29, 0.717) is 23.9 Å². The molecule has 0 saturated heterocycles. The standard InChI is InChI=1S/C23H27N5O4/c1-5-30-18-11-9-17(10-12-18)28-20(25-26-27-28)14-24-22(29)15(2)31-19-8-6-7-16-13-23(3,4)32-21(16)19/h6-12,15H,5,13-14H2,1-4H3,(H,24,29). The number of hydrogen-bond donors (Lipinski definition) is 1. The lowest BCUT2D eigenvalue weighted by atomic mass is 10.0. The lowest BCUT2D eigenvalue weighted by Crippen LogP contribution is -2.36. The van der Waals surface area contributed by atoms with Gasteiger partial charge in [-0.3, -0.25) is 4.79 Å². The Morgan fingerprint density at radius 2 is 2.03 bits per heavy atom. The Labute approximate surface area is 186 Å². The van der Waals surface area contributed by atoms with Gasteiger partial charge in [-0.1, -0.05) is 12.1 Å². The molecule has 1 atom stereocenters. The fourth-order valence-electron chi connectivity index (χ4n) is 3.60. The van der Waals surface area contributed by atoms with Crippen molar-refractivity contribution >= 4 is 5.91 Å². The van der Waals surface area contributed by atoms with Gasteiger partial charge in [0.1, 0.15) is 11.4 Å². The van der Waals surface area contributed by atoms with Crippen LogP contribution >= 0.6 is 0 Å². The maximum Gasteiger partial charge on any atom is 0.261 e. The predicted octanol–water partition coefficient (Wildman–Crippen LogP) is 2.86. The van der Waals surface area contributed by atoms with Gasteiger partial charge in [0.25, 0.3) is 5.91 Å². The molecule has 2 aromatic carbocycles. The number of nitrogens with one attached hydrogen (secondary N) is 1. The Balaban J connectivity index is 1.38. The average molecular weight is 438 g/mol. The van der Waals surface area contributed by atoms with Crippen molar-refractivity contribution in [2.24, 2.45) is 0 Å². The van der Waals surface area contributed by atoms with Crippen molar-refractivity contribution < 1.29 is 19.0 Å². The minimum absolute atomic E-state index is 0.156. The van der Waals surface area contributed by atoms with E-state index in [1.54, 1.807) is 11.6 Å². The van der Waals surface area contributed by atoms with Crippen LogP contribution in [0.5, 0.6) is 17.2 Å². The van der Waals surface area contributed by atoms with E-state index in [1.807, 2.05) is 63.2 Å². The van der Waals surface area contributed by atoms with E-state index in [-0.39, 0.29) is 18.1 Å². The van der Waals surface area contributed by atoms with Crippen molar-refractivity contribution in [1.29, 1.82) is 0 Å². The number of hydrogen-bond acceptors (Lipinski definition) is 7. The minimum atomic E-state index is -0.719. The van der Waals surface area contributed by atoms with E-state index in [4.69, 9.17) is 14.2 Å². The number of carbonyl (C=O) groups excluding carboxylic acids is 1. The second-order valence-electron chi connectivity index (χ2n) is 8.19. The third kappa shape index (κ3) is 4.66. The van der Waals surface area contributed by atoms with Gasteiger partial charge in [0.2, 0.25) is 0 Å². The van der Waals surface area contributed by atoms with Crippen molar-refractivity contribution in [1.82, 2.24) is 25.5 Å². The van der Waals surface area contributed by atoms with E-state index < -0.39 is 6.10 Å². The second-order valence-corrected chi connectivity index (χ2v) is 8.19. The Morgan fingerprint density at radius 1 is 1.25 bits per heavy atom. The van der Waals surface area contributed by atoms with Gasteiger partial charge in [-0.15, -0.1) is 5.10 Å². The number of nitrogens with zero attached hydrogens (tertiary/aromatic N) is 4. The van der Waals surface area contributed by atoms with Crippen molar-refractivity contribution in [3.8, 4) is 22.9 Å². The summed E-state index contributed by atoms with van der Waals surface area (Å²) in [6.45, 7) is 8.44. The second kappa shape index (κ2) is 8.86.